The number of morpholine rings is 1. The molecular weight excluding hydrogens is 298 g/mol. The third-order valence-corrected chi connectivity index (χ3v) is 3.54. The fourth-order valence-electron chi connectivity index (χ4n) is 2.06. The first-order valence-electron chi connectivity index (χ1n) is 6.41. The van der Waals surface area contributed by atoms with E-state index in [1.807, 2.05) is 0 Å². The van der Waals surface area contributed by atoms with Crippen LogP contribution in [-0.2, 0) is 21.4 Å². The second-order valence-electron chi connectivity index (χ2n) is 4.80. The van der Waals surface area contributed by atoms with Crippen molar-refractivity contribution in [3.05, 3.63) is 29.3 Å². The number of carbonyl (C=O) groups is 1. The summed E-state index contributed by atoms with van der Waals surface area (Å²) in [6.07, 6.45) is 0.930. The predicted molar refractivity (Wildman–Crippen MR) is 75.0 cm³/mol. The SMILES string of the molecule is CS(=O)(=O)Oc1cc(C(=O)O)ccc1CN1CCOCC1. The highest BCUT2D eigenvalue weighted by Crippen LogP contribution is 2.24. The van der Waals surface area contributed by atoms with Crippen molar-refractivity contribution >= 4 is 16.1 Å². The average molecular weight is 315 g/mol. The summed E-state index contributed by atoms with van der Waals surface area (Å²) in [6.45, 7) is 3.19. The standard InChI is InChI=1S/C13H17NO6S/c1-21(17,18)20-12-8-10(13(15)16)2-3-11(12)9-14-4-6-19-7-5-14/h2-3,8H,4-7,9H2,1H3,(H,15,16). The van der Waals surface area contributed by atoms with E-state index in [1.54, 1.807) is 6.07 Å². The van der Waals surface area contributed by atoms with E-state index in [0.717, 1.165) is 19.3 Å². The van der Waals surface area contributed by atoms with Crippen molar-refractivity contribution in [3.63, 3.8) is 0 Å². The number of nitrogens with zero attached hydrogens (tertiary/aromatic N) is 1. The Hall–Kier alpha value is -1.64. The van der Waals surface area contributed by atoms with Crippen LogP contribution in [-0.4, -0.2) is 57.0 Å². The van der Waals surface area contributed by atoms with Crippen molar-refractivity contribution in [2.75, 3.05) is 32.6 Å². The highest BCUT2D eigenvalue weighted by molar-refractivity contribution is 7.86. The molecule has 1 aliphatic heterocycles. The lowest BCUT2D eigenvalue weighted by atomic mass is 10.1. The van der Waals surface area contributed by atoms with E-state index in [4.69, 9.17) is 14.0 Å². The molecule has 0 atom stereocenters. The van der Waals surface area contributed by atoms with Crippen LogP contribution in [0.15, 0.2) is 18.2 Å². The number of benzene rings is 1. The Morgan fingerprint density at radius 3 is 2.62 bits per heavy atom. The summed E-state index contributed by atoms with van der Waals surface area (Å²) in [5, 5.41) is 8.99. The van der Waals surface area contributed by atoms with E-state index in [-0.39, 0.29) is 11.3 Å². The lowest BCUT2D eigenvalue weighted by Gasteiger charge is -2.27. The summed E-state index contributed by atoms with van der Waals surface area (Å²) >= 11 is 0. The normalized spacial score (nSPS) is 16.6. The fraction of sp³-hybridized carbons (Fsp3) is 0.462. The Balaban J connectivity index is 2.27. The number of carboxylic acid groups (broad SMARTS) is 1. The molecule has 1 aliphatic rings. The molecule has 0 amide bonds. The molecule has 0 radical (unpaired) electrons. The molecule has 0 aliphatic carbocycles. The van der Waals surface area contributed by atoms with Gasteiger partial charge in [-0.2, -0.15) is 8.42 Å². The van der Waals surface area contributed by atoms with Gasteiger partial charge in [0.25, 0.3) is 0 Å². The first-order chi connectivity index (χ1) is 9.85. The van der Waals surface area contributed by atoms with Gasteiger partial charge in [0.05, 0.1) is 25.0 Å². The lowest BCUT2D eigenvalue weighted by molar-refractivity contribution is 0.0340. The third-order valence-electron chi connectivity index (χ3n) is 3.05. The van der Waals surface area contributed by atoms with Gasteiger partial charge in [-0.25, -0.2) is 4.79 Å². The molecular formula is C13H17NO6S. The zero-order valence-electron chi connectivity index (χ0n) is 11.6. The maximum absolute atomic E-state index is 11.3. The topological polar surface area (TPSA) is 93.1 Å². The molecule has 2 rings (SSSR count). The van der Waals surface area contributed by atoms with Crippen LogP contribution in [0.25, 0.3) is 0 Å². The Bertz CT molecular complexity index is 622. The molecule has 21 heavy (non-hydrogen) atoms. The Morgan fingerprint density at radius 2 is 2.05 bits per heavy atom. The second-order valence-corrected chi connectivity index (χ2v) is 6.38. The minimum atomic E-state index is -3.72. The van der Waals surface area contributed by atoms with E-state index in [1.165, 1.54) is 12.1 Å². The highest BCUT2D eigenvalue weighted by Gasteiger charge is 2.17. The summed E-state index contributed by atoms with van der Waals surface area (Å²) in [7, 11) is -3.72. The molecule has 1 aromatic carbocycles. The number of ether oxygens (including phenoxy) is 1. The van der Waals surface area contributed by atoms with Crippen LogP contribution in [0, 0.1) is 0 Å². The first-order valence-corrected chi connectivity index (χ1v) is 8.22. The quantitative estimate of drug-likeness (QED) is 0.793. The molecule has 1 N–H and O–H groups in total. The molecule has 1 saturated heterocycles. The largest absolute Gasteiger partial charge is 0.478 e. The van der Waals surface area contributed by atoms with Crippen molar-refractivity contribution in [3.8, 4) is 5.75 Å². The number of hydrogen-bond donors (Lipinski definition) is 1. The van der Waals surface area contributed by atoms with Crippen LogP contribution >= 0.6 is 0 Å². The molecule has 0 spiro atoms. The first kappa shape index (κ1) is 15.7. The Morgan fingerprint density at radius 1 is 1.38 bits per heavy atom. The number of aromatic carboxylic acids is 1. The predicted octanol–water partition coefficient (Wildman–Crippen LogP) is 0.555. The van der Waals surface area contributed by atoms with Crippen molar-refractivity contribution in [2.24, 2.45) is 0 Å². The Kier molecular flexibility index (Phi) is 4.81. The van der Waals surface area contributed by atoms with Crippen LogP contribution in [0.4, 0.5) is 0 Å². The van der Waals surface area contributed by atoms with Crippen LogP contribution in [0.1, 0.15) is 15.9 Å². The van der Waals surface area contributed by atoms with Gasteiger partial charge in [0, 0.05) is 25.2 Å². The highest BCUT2D eigenvalue weighted by atomic mass is 32.2. The van der Waals surface area contributed by atoms with Crippen molar-refractivity contribution < 1.29 is 27.2 Å². The molecule has 0 aromatic heterocycles. The van der Waals surface area contributed by atoms with Gasteiger partial charge in [-0.15, -0.1) is 0 Å². The zero-order valence-corrected chi connectivity index (χ0v) is 12.4. The maximum Gasteiger partial charge on any atom is 0.335 e. The summed E-state index contributed by atoms with van der Waals surface area (Å²) < 4.78 is 32.8. The third kappa shape index (κ3) is 4.69. The maximum atomic E-state index is 11.3. The van der Waals surface area contributed by atoms with Gasteiger partial charge < -0.3 is 14.0 Å². The van der Waals surface area contributed by atoms with Gasteiger partial charge in [-0.3, -0.25) is 4.90 Å². The van der Waals surface area contributed by atoms with Gasteiger partial charge in [-0.05, 0) is 12.1 Å². The van der Waals surface area contributed by atoms with Crippen LogP contribution in [0.2, 0.25) is 0 Å². The molecule has 0 unspecified atom stereocenters. The summed E-state index contributed by atoms with van der Waals surface area (Å²) in [5.41, 5.74) is 0.617. The molecule has 1 aromatic rings. The Labute approximate surface area is 123 Å². The average Bonchev–Trinajstić information content (AvgIpc) is 2.40. The summed E-state index contributed by atoms with van der Waals surface area (Å²) in [4.78, 5) is 13.1. The number of carboxylic acids is 1. The number of hydrogen-bond acceptors (Lipinski definition) is 6. The van der Waals surface area contributed by atoms with E-state index in [2.05, 4.69) is 4.90 Å². The molecule has 0 bridgehead atoms. The van der Waals surface area contributed by atoms with Gasteiger partial charge in [0.1, 0.15) is 5.75 Å². The van der Waals surface area contributed by atoms with Crippen LogP contribution in [0.5, 0.6) is 5.75 Å². The van der Waals surface area contributed by atoms with E-state index < -0.39 is 16.1 Å². The lowest BCUT2D eigenvalue weighted by Crippen LogP contribution is -2.35. The monoisotopic (exact) mass is 315 g/mol. The van der Waals surface area contributed by atoms with Gasteiger partial charge >= 0.3 is 16.1 Å². The second kappa shape index (κ2) is 6.42. The van der Waals surface area contributed by atoms with Crippen molar-refractivity contribution in [1.82, 2.24) is 4.90 Å². The zero-order chi connectivity index (χ0) is 15.5. The molecule has 116 valence electrons. The van der Waals surface area contributed by atoms with Crippen molar-refractivity contribution in [1.29, 1.82) is 0 Å². The minimum Gasteiger partial charge on any atom is -0.478 e. The summed E-state index contributed by atoms with van der Waals surface area (Å²) in [5.74, 6) is -1.07. The van der Waals surface area contributed by atoms with E-state index in [9.17, 15) is 13.2 Å². The number of rotatable bonds is 5. The van der Waals surface area contributed by atoms with Crippen molar-refractivity contribution in [2.45, 2.75) is 6.54 Å². The van der Waals surface area contributed by atoms with Crippen LogP contribution in [0.3, 0.4) is 0 Å². The molecule has 0 saturated carbocycles. The molecule has 8 heteroatoms. The van der Waals surface area contributed by atoms with Gasteiger partial charge in [-0.1, -0.05) is 6.07 Å². The van der Waals surface area contributed by atoms with Gasteiger partial charge in [0.2, 0.25) is 0 Å². The van der Waals surface area contributed by atoms with Crippen LogP contribution < -0.4 is 4.18 Å². The summed E-state index contributed by atoms with van der Waals surface area (Å²) in [6, 6.07) is 4.26. The molecule has 1 fully saturated rings. The van der Waals surface area contributed by atoms with E-state index in [0.29, 0.717) is 25.3 Å². The minimum absolute atomic E-state index is 0.0145. The van der Waals surface area contributed by atoms with Gasteiger partial charge in [0.15, 0.2) is 0 Å². The fourth-order valence-corrected chi connectivity index (χ4v) is 2.54. The van der Waals surface area contributed by atoms with E-state index >= 15 is 0 Å². The smallest absolute Gasteiger partial charge is 0.335 e. The molecule has 7 nitrogen and oxygen atoms in total. The molecule has 1 heterocycles.